The molecule has 10 heteroatoms. The van der Waals surface area contributed by atoms with E-state index in [1.54, 1.807) is 42.5 Å². The van der Waals surface area contributed by atoms with Crippen LogP contribution < -0.4 is 15.4 Å². The van der Waals surface area contributed by atoms with Gasteiger partial charge >= 0.3 is 6.03 Å². The van der Waals surface area contributed by atoms with Gasteiger partial charge in [-0.2, -0.15) is 0 Å². The van der Waals surface area contributed by atoms with Crippen molar-refractivity contribution in [3.63, 3.8) is 0 Å². The Morgan fingerprint density at radius 3 is 2.62 bits per heavy atom. The zero-order chi connectivity index (χ0) is 26.5. The van der Waals surface area contributed by atoms with E-state index in [1.807, 2.05) is 25.1 Å². The van der Waals surface area contributed by atoms with Crippen LogP contribution in [0.2, 0.25) is 10.0 Å². The van der Waals surface area contributed by atoms with E-state index in [0.29, 0.717) is 27.0 Å². The van der Waals surface area contributed by atoms with E-state index < -0.39 is 24.4 Å². The molecule has 3 aromatic carbocycles. The minimum Gasteiger partial charge on any atom is -0.488 e. The Kier molecular flexibility index (Phi) is 8.53. The van der Waals surface area contributed by atoms with Gasteiger partial charge in [-0.05, 0) is 60.0 Å². The Hall–Kier alpha value is -3.33. The molecule has 0 saturated carbocycles. The number of halogens is 3. The molecular weight excluding hydrogens is 581 g/mol. The Balaban J connectivity index is 1.49. The highest BCUT2D eigenvalue weighted by atomic mass is 79.9. The second kappa shape index (κ2) is 11.8. The summed E-state index contributed by atoms with van der Waals surface area (Å²) in [5.41, 5.74) is 3.00. The van der Waals surface area contributed by atoms with E-state index in [-0.39, 0.29) is 12.3 Å². The molecule has 0 aromatic heterocycles. The Bertz CT molecular complexity index is 1410. The highest BCUT2D eigenvalue weighted by Crippen LogP contribution is 2.28. The van der Waals surface area contributed by atoms with Crippen molar-refractivity contribution < 1.29 is 19.1 Å². The number of carbonyl (C=O) groups excluding carboxylic acids is 3. The highest BCUT2D eigenvalue weighted by Gasteiger charge is 2.35. The molecule has 4 amide bonds. The number of nitrogens with zero attached hydrogens (tertiary/aromatic N) is 1. The number of nitrogens with one attached hydrogen (secondary N) is 2. The lowest BCUT2D eigenvalue weighted by atomic mass is 10.1. The van der Waals surface area contributed by atoms with Crippen molar-refractivity contribution in [2.24, 2.45) is 0 Å². The largest absolute Gasteiger partial charge is 0.488 e. The molecule has 0 unspecified atom stereocenters. The van der Waals surface area contributed by atoms with Crippen LogP contribution in [0.4, 0.5) is 10.5 Å². The molecule has 0 atom stereocenters. The van der Waals surface area contributed by atoms with Gasteiger partial charge in [0.25, 0.3) is 5.91 Å². The Morgan fingerprint density at radius 2 is 1.86 bits per heavy atom. The number of benzene rings is 3. The molecule has 190 valence electrons. The summed E-state index contributed by atoms with van der Waals surface area (Å²) in [5.74, 6) is -0.603. The van der Waals surface area contributed by atoms with E-state index in [2.05, 4.69) is 26.6 Å². The number of ether oxygens (including phenoxy) is 1. The summed E-state index contributed by atoms with van der Waals surface area (Å²) in [5, 5.41) is 6.18. The first kappa shape index (κ1) is 26.7. The maximum Gasteiger partial charge on any atom is 0.329 e. The molecule has 1 aliphatic rings. The lowest BCUT2D eigenvalue weighted by Gasteiger charge is -2.14. The summed E-state index contributed by atoms with van der Waals surface area (Å²) in [4.78, 5) is 39.0. The molecule has 37 heavy (non-hydrogen) atoms. The number of hydrogen-bond acceptors (Lipinski definition) is 4. The SMILES string of the molecule is CCc1ccccc1NC(=O)CN1C(=O)N/C(=C/c2cc(Br)ccc2OCc2ccc(Cl)c(Cl)c2)C1=O. The summed E-state index contributed by atoms with van der Waals surface area (Å²) in [6.45, 7) is 1.77. The second-order valence-electron chi connectivity index (χ2n) is 8.16. The molecule has 7 nitrogen and oxygen atoms in total. The minimum atomic E-state index is -0.677. The van der Waals surface area contributed by atoms with Crippen LogP contribution >= 0.6 is 39.1 Å². The summed E-state index contributed by atoms with van der Waals surface area (Å²) in [6.07, 6.45) is 2.24. The Labute approximate surface area is 232 Å². The molecule has 1 aliphatic heterocycles. The van der Waals surface area contributed by atoms with Crippen molar-refractivity contribution in [1.82, 2.24) is 10.2 Å². The number of rotatable bonds is 8. The van der Waals surface area contributed by atoms with E-state index in [4.69, 9.17) is 27.9 Å². The van der Waals surface area contributed by atoms with Crippen molar-refractivity contribution in [3.05, 3.63) is 97.6 Å². The lowest BCUT2D eigenvalue weighted by Crippen LogP contribution is -2.38. The highest BCUT2D eigenvalue weighted by molar-refractivity contribution is 9.10. The van der Waals surface area contributed by atoms with Gasteiger partial charge in [-0.3, -0.25) is 9.59 Å². The molecule has 3 aromatic rings. The molecule has 2 N–H and O–H groups in total. The van der Waals surface area contributed by atoms with E-state index in [9.17, 15) is 14.4 Å². The second-order valence-corrected chi connectivity index (χ2v) is 9.89. The fraction of sp³-hybridized carbons (Fsp3) is 0.148. The monoisotopic (exact) mass is 601 g/mol. The van der Waals surface area contributed by atoms with Crippen molar-refractivity contribution >= 4 is 68.7 Å². The molecule has 1 heterocycles. The topological polar surface area (TPSA) is 87.7 Å². The predicted octanol–water partition coefficient (Wildman–Crippen LogP) is 6.43. The average Bonchev–Trinajstić information content (AvgIpc) is 3.13. The third-order valence-corrected chi connectivity index (χ3v) is 6.82. The van der Waals surface area contributed by atoms with Gasteiger partial charge in [0.05, 0.1) is 10.0 Å². The van der Waals surface area contributed by atoms with Crippen molar-refractivity contribution in [2.45, 2.75) is 20.0 Å². The number of aryl methyl sites for hydroxylation is 1. The van der Waals surface area contributed by atoms with Crippen LogP contribution in [-0.2, 0) is 22.6 Å². The number of imide groups is 1. The fourth-order valence-corrected chi connectivity index (χ4v) is 4.41. The zero-order valence-corrected chi connectivity index (χ0v) is 22.8. The van der Waals surface area contributed by atoms with E-state index >= 15 is 0 Å². The molecule has 1 fully saturated rings. The van der Waals surface area contributed by atoms with Crippen molar-refractivity contribution in [2.75, 3.05) is 11.9 Å². The van der Waals surface area contributed by atoms with Crippen molar-refractivity contribution in [3.8, 4) is 5.75 Å². The van der Waals surface area contributed by atoms with Crippen LogP contribution in [0.15, 0.2) is 70.8 Å². The molecule has 0 radical (unpaired) electrons. The molecule has 4 rings (SSSR count). The molecule has 1 saturated heterocycles. The Morgan fingerprint density at radius 1 is 1.08 bits per heavy atom. The molecule has 0 spiro atoms. The van der Waals surface area contributed by atoms with Gasteiger partial charge in [0.15, 0.2) is 0 Å². The number of urea groups is 1. The lowest BCUT2D eigenvalue weighted by molar-refractivity contribution is -0.127. The molecular formula is C27H22BrCl2N3O4. The van der Waals surface area contributed by atoms with Gasteiger partial charge in [-0.25, -0.2) is 9.69 Å². The third-order valence-electron chi connectivity index (χ3n) is 5.59. The van der Waals surface area contributed by atoms with Crippen LogP contribution in [0, 0.1) is 0 Å². The number of carbonyl (C=O) groups is 3. The minimum absolute atomic E-state index is 0.0317. The van der Waals surface area contributed by atoms with E-state index in [0.717, 1.165) is 26.9 Å². The van der Waals surface area contributed by atoms with Gasteiger partial charge in [0.1, 0.15) is 24.6 Å². The van der Waals surface area contributed by atoms with Gasteiger partial charge < -0.3 is 15.4 Å². The van der Waals surface area contributed by atoms with E-state index in [1.165, 1.54) is 6.08 Å². The average molecular weight is 603 g/mol. The summed E-state index contributed by atoms with van der Waals surface area (Å²) < 4.78 is 6.71. The molecule has 0 aliphatic carbocycles. The zero-order valence-electron chi connectivity index (χ0n) is 19.7. The summed E-state index contributed by atoms with van der Waals surface area (Å²) in [7, 11) is 0. The summed E-state index contributed by atoms with van der Waals surface area (Å²) >= 11 is 15.5. The van der Waals surface area contributed by atoms with Gasteiger partial charge in [0.2, 0.25) is 5.91 Å². The van der Waals surface area contributed by atoms with Gasteiger partial charge in [0, 0.05) is 15.7 Å². The smallest absolute Gasteiger partial charge is 0.329 e. The first-order valence-corrected chi connectivity index (χ1v) is 12.9. The summed E-state index contributed by atoms with van der Waals surface area (Å²) in [6, 6.07) is 17.2. The van der Waals surface area contributed by atoms with Crippen LogP contribution in [0.1, 0.15) is 23.6 Å². The maximum atomic E-state index is 13.0. The van der Waals surface area contributed by atoms with Gasteiger partial charge in [-0.15, -0.1) is 0 Å². The third kappa shape index (κ3) is 6.52. The quantitative estimate of drug-likeness (QED) is 0.230. The predicted molar refractivity (Wildman–Crippen MR) is 148 cm³/mol. The van der Waals surface area contributed by atoms with Crippen molar-refractivity contribution in [1.29, 1.82) is 0 Å². The standard InChI is InChI=1S/C27H22BrCl2N3O4/c1-2-17-5-3-4-6-22(17)31-25(34)14-33-26(35)23(32-27(33)36)13-18-12-19(28)8-10-24(18)37-15-16-7-9-20(29)21(30)11-16/h3-13H,2,14-15H2,1H3,(H,31,34)(H,32,36)/b23-13+. The number of hydrogen-bond donors (Lipinski definition) is 2. The number of amides is 4. The first-order chi connectivity index (χ1) is 17.7. The molecule has 0 bridgehead atoms. The van der Waals surface area contributed by atoms with Crippen LogP contribution in [0.5, 0.6) is 5.75 Å². The first-order valence-electron chi connectivity index (χ1n) is 11.3. The van der Waals surface area contributed by atoms with Crippen LogP contribution in [0.3, 0.4) is 0 Å². The number of para-hydroxylation sites is 1. The van der Waals surface area contributed by atoms with Crippen LogP contribution in [0.25, 0.3) is 6.08 Å². The number of anilines is 1. The fourth-order valence-electron chi connectivity index (χ4n) is 3.71. The van der Waals surface area contributed by atoms with Gasteiger partial charge in [-0.1, -0.05) is 70.3 Å². The van der Waals surface area contributed by atoms with Crippen LogP contribution in [-0.4, -0.2) is 29.3 Å². The maximum absolute atomic E-state index is 13.0. The normalized spacial score (nSPS) is 14.2.